The average molecular weight is 323 g/mol. The van der Waals surface area contributed by atoms with Gasteiger partial charge < -0.3 is 5.73 Å². The molecule has 0 aliphatic heterocycles. The Balaban J connectivity index is 3.05. The zero-order valence-corrected chi connectivity index (χ0v) is 13.4. The van der Waals surface area contributed by atoms with Crippen LogP contribution in [0.5, 0.6) is 0 Å². The van der Waals surface area contributed by atoms with Crippen LogP contribution in [-0.2, 0) is 16.6 Å². The Labute approximate surface area is 124 Å². The van der Waals surface area contributed by atoms with Crippen LogP contribution in [0.25, 0.3) is 0 Å². The van der Waals surface area contributed by atoms with E-state index in [2.05, 4.69) is 4.72 Å². The summed E-state index contributed by atoms with van der Waals surface area (Å²) >= 11 is 7.58. The van der Waals surface area contributed by atoms with E-state index in [1.807, 2.05) is 13.2 Å². The van der Waals surface area contributed by atoms with Crippen molar-refractivity contribution in [3.8, 4) is 0 Å². The van der Waals surface area contributed by atoms with Crippen molar-refractivity contribution < 1.29 is 8.42 Å². The summed E-state index contributed by atoms with van der Waals surface area (Å²) in [5, 5.41) is 0.212. The summed E-state index contributed by atoms with van der Waals surface area (Å²) in [5.74, 6) is 0.726. The molecule has 0 amide bonds. The summed E-state index contributed by atoms with van der Waals surface area (Å²) in [5.41, 5.74) is 6.26. The van der Waals surface area contributed by atoms with Gasteiger partial charge in [0.15, 0.2) is 0 Å². The van der Waals surface area contributed by atoms with Gasteiger partial charge in [0.2, 0.25) is 10.0 Å². The van der Waals surface area contributed by atoms with Gasteiger partial charge in [-0.2, -0.15) is 11.8 Å². The molecular formula is C12H19ClN2O2S2. The molecule has 0 spiro atoms. The van der Waals surface area contributed by atoms with Gasteiger partial charge in [-0.25, -0.2) is 13.1 Å². The van der Waals surface area contributed by atoms with Crippen LogP contribution in [0.15, 0.2) is 23.1 Å². The van der Waals surface area contributed by atoms with Gasteiger partial charge in [-0.15, -0.1) is 0 Å². The predicted molar refractivity (Wildman–Crippen MR) is 82.1 cm³/mol. The lowest BCUT2D eigenvalue weighted by Gasteiger charge is -2.17. The number of nitrogens with two attached hydrogens (primary N) is 1. The molecule has 1 aromatic carbocycles. The van der Waals surface area contributed by atoms with E-state index in [9.17, 15) is 8.42 Å². The van der Waals surface area contributed by atoms with Crippen LogP contribution in [-0.4, -0.2) is 26.5 Å². The van der Waals surface area contributed by atoms with Gasteiger partial charge in [0, 0.05) is 18.3 Å². The van der Waals surface area contributed by atoms with Crippen molar-refractivity contribution in [1.82, 2.24) is 4.72 Å². The minimum Gasteiger partial charge on any atom is -0.326 e. The van der Waals surface area contributed by atoms with Crippen molar-refractivity contribution in [2.24, 2.45) is 5.73 Å². The number of nitrogens with one attached hydrogen (secondary N) is 1. The van der Waals surface area contributed by atoms with E-state index in [-0.39, 0.29) is 22.5 Å². The molecule has 1 atom stereocenters. The first kappa shape index (κ1) is 16.8. The van der Waals surface area contributed by atoms with E-state index in [1.54, 1.807) is 23.9 Å². The van der Waals surface area contributed by atoms with Crippen LogP contribution in [0.2, 0.25) is 5.02 Å². The third-order valence-electron chi connectivity index (χ3n) is 2.70. The van der Waals surface area contributed by atoms with Crippen molar-refractivity contribution in [3.05, 3.63) is 28.8 Å². The number of rotatable bonds is 7. The fourth-order valence-corrected chi connectivity index (χ4v) is 4.30. The minimum absolute atomic E-state index is 0.0941. The molecule has 0 aliphatic rings. The van der Waals surface area contributed by atoms with E-state index in [0.29, 0.717) is 0 Å². The number of sulfonamides is 1. The highest BCUT2D eigenvalue weighted by atomic mass is 35.5. The summed E-state index contributed by atoms with van der Waals surface area (Å²) in [7, 11) is -3.61. The molecule has 108 valence electrons. The predicted octanol–water partition coefficient (Wildman–Crippen LogP) is 2.22. The van der Waals surface area contributed by atoms with E-state index >= 15 is 0 Å². The average Bonchev–Trinajstić information content (AvgIpc) is 2.38. The molecule has 0 aromatic heterocycles. The van der Waals surface area contributed by atoms with E-state index < -0.39 is 10.0 Å². The lowest BCUT2D eigenvalue weighted by atomic mass is 10.2. The molecule has 1 unspecified atom stereocenters. The smallest absolute Gasteiger partial charge is 0.242 e. The van der Waals surface area contributed by atoms with E-state index in [4.69, 9.17) is 17.3 Å². The van der Waals surface area contributed by atoms with E-state index in [1.165, 1.54) is 6.07 Å². The Morgan fingerprint density at radius 2 is 2.16 bits per heavy atom. The highest BCUT2D eigenvalue weighted by Crippen LogP contribution is 2.23. The Bertz CT molecular complexity index is 520. The van der Waals surface area contributed by atoms with Crippen LogP contribution in [0.3, 0.4) is 0 Å². The van der Waals surface area contributed by atoms with Crippen LogP contribution in [0.1, 0.15) is 18.9 Å². The Morgan fingerprint density at radius 3 is 2.68 bits per heavy atom. The lowest BCUT2D eigenvalue weighted by molar-refractivity contribution is 0.558. The number of thioether (sulfide) groups is 1. The normalized spacial score (nSPS) is 13.5. The van der Waals surface area contributed by atoms with Gasteiger partial charge in [-0.05, 0) is 30.4 Å². The molecule has 0 saturated heterocycles. The minimum atomic E-state index is -3.61. The highest BCUT2D eigenvalue weighted by Gasteiger charge is 2.21. The van der Waals surface area contributed by atoms with Gasteiger partial charge in [-0.3, -0.25) is 0 Å². The molecule has 7 heteroatoms. The Morgan fingerprint density at radius 1 is 1.47 bits per heavy atom. The maximum absolute atomic E-state index is 12.3. The molecule has 0 bridgehead atoms. The topological polar surface area (TPSA) is 72.2 Å². The lowest BCUT2D eigenvalue weighted by Crippen LogP contribution is -2.36. The van der Waals surface area contributed by atoms with Gasteiger partial charge >= 0.3 is 0 Å². The molecule has 19 heavy (non-hydrogen) atoms. The van der Waals surface area contributed by atoms with Crippen LogP contribution in [0.4, 0.5) is 0 Å². The third kappa shape index (κ3) is 4.65. The molecule has 4 nitrogen and oxygen atoms in total. The number of hydrogen-bond acceptors (Lipinski definition) is 4. The fourth-order valence-electron chi connectivity index (χ4n) is 1.60. The quantitative estimate of drug-likeness (QED) is 0.807. The van der Waals surface area contributed by atoms with Crippen LogP contribution < -0.4 is 10.5 Å². The maximum atomic E-state index is 12.3. The second-order valence-corrected chi connectivity index (χ2v) is 7.15. The second kappa shape index (κ2) is 7.50. The first-order valence-corrected chi connectivity index (χ1v) is 9.19. The second-order valence-electron chi connectivity index (χ2n) is 4.15. The molecule has 0 saturated carbocycles. The fraction of sp³-hybridized carbons (Fsp3) is 0.500. The number of hydrogen-bond donors (Lipinski definition) is 2. The summed E-state index contributed by atoms with van der Waals surface area (Å²) < 4.78 is 27.3. The van der Waals surface area contributed by atoms with Crippen molar-refractivity contribution in [3.63, 3.8) is 0 Å². The first-order chi connectivity index (χ1) is 8.94. The van der Waals surface area contributed by atoms with Gasteiger partial charge in [0.05, 0.1) is 5.02 Å². The van der Waals surface area contributed by atoms with Gasteiger partial charge in [0.1, 0.15) is 4.90 Å². The first-order valence-electron chi connectivity index (χ1n) is 5.94. The molecule has 0 fully saturated rings. The Hall–Kier alpha value is -0.270. The van der Waals surface area contributed by atoms with Crippen molar-refractivity contribution in [1.29, 1.82) is 0 Å². The Kier molecular flexibility index (Phi) is 6.62. The number of benzene rings is 1. The monoisotopic (exact) mass is 322 g/mol. The molecule has 1 rings (SSSR count). The third-order valence-corrected chi connectivity index (χ3v) is 5.44. The van der Waals surface area contributed by atoms with Crippen molar-refractivity contribution >= 4 is 33.4 Å². The summed E-state index contributed by atoms with van der Waals surface area (Å²) in [6.45, 7) is 2.23. The van der Waals surface area contributed by atoms with Crippen LogP contribution in [0, 0.1) is 0 Å². The molecule has 0 aliphatic carbocycles. The molecule has 3 N–H and O–H groups in total. The van der Waals surface area contributed by atoms with Gasteiger partial charge in [0.25, 0.3) is 0 Å². The largest absolute Gasteiger partial charge is 0.326 e. The van der Waals surface area contributed by atoms with Crippen LogP contribution >= 0.6 is 23.4 Å². The van der Waals surface area contributed by atoms with Gasteiger partial charge in [-0.1, -0.05) is 24.6 Å². The summed E-state index contributed by atoms with van der Waals surface area (Å²) in [4.78, 5) is 0.0941. The number of halogens is 1. The zero-order chi connectivity index (χ0) is 14.5. The molecular weight excluding hydrogens is 304 g/mol. The highest BCUT2D eigenvalue weighted by molar-refractivity contribution is 7.98. The molecule has 0 heterocycles. The van der Waals surface area contributed by atoms with Crippen molar-refractivity contribution in [2.45, 2.75) is 30.8 Å². The van der Waals surface area contributed by atoms with Crippen molar-refractivity contribution in [2.75, 3.05) is 12.0 Å². The molecule has 1 aromatic rings. The maximum Gasteiger partial charge on any atom is 0.242 e. The summed E-state index contributed by atoms with van der Waals surface area (Å²) in [6, 6.07) is 4.71. The standard InChI is InChI=1S/C12H19ClN2O2S2/c1-3-10(8-18-2)15-19(16,17)12-6-9(7-14)4-5-11(12)13/h4-6,10,15H,3,7-8,14H2,1-2H3. The summed E-state index contributed by atoms with van der Waals surface area (Å²) in [6.07, 6.45) is 2.67. The molecule has 0 radical (unpaired) electrons. The zero-order valence-electron chi connectivity index (χ0n) is 11.0. The SMILES string of the molecule is CCC(CSC)NS(=O)(=O)c1cc(CN)ccc1Cl. The van der Waals surface area contributed by atoms with E-state index in [0.717, 1.165) is 17.7 Å².